The Kier molecular flexibility index (Phi) is 11.7. The standard InChI is InChI=1S/C29H43NO6/c1-8-36-27(31)23-12-10-22(11-13-23)16-19-30(4)18-9-17-29(21(2)3,28(32)35-7)24-14-15-25(33-5)26(20-24)34-6/h10-15,20-21,28,32H,8-9,16-19H2,1-7H3/t28-,29?/m0/s1. The summed E-state index contributed by atoms with van der Waals surface area (Å²) in [6.07, 6.45) is 1.54. The summed E-state index contributed by atoms with van der Waals surface area (Å²) in [5.41, 5.74) is 2.11. The lowest BCUT2D eigenvalue weighted by Crippen LogP contribution is -2.46. The fraction of sp³-hybridized carbons (Fsp3) is 0.552. The van der Waals surface area contributed by atoms with Gasteiger partial charge in [-0.15, -0.1) is 0 Å². The molecule has 0 amide bonds. The molecule has 1 N–H and O–H groups in total. The van der Waals surface area contributed by atoms with Crippen LogP contribution in [0, 0.1) is 5.92 Å². The molecular formula is C29H43NO6. The number of rotatable bonds is 15. The highest BCUT2D eigenvalue weighted by molar-refractivity contribution is 5.89. The van der Waals surface area contributed by atoms with Crippen LogP contribution in [0.3, 0.4) is 0 Å². The maximum Gasteiger partial charge on any atom is 0.338 e. The molecule has 1 unspecified atom stereocenters. The van der Waals surface area contributed by atoms with Crippen molar-refractivity contribution < 1.29 is 28.8 Å². The largest absolute Gasteiger partial charge is 0.493 e. The third-order valence-corrected chi connectivity index (χ3v) is 6.99. The van der Waals surface area contributed by atoms with Crippen molar-refractivity contribution in [3.05, 3.63) is 59.2 Å². The Morgan fingerprint density at radius 2 is 1.67 bits per heavy atom. The molecule has 0 heterocycles. The highest BCUT2D eigenvalue weighted by Gasteiger charge is 2.43. The summed E-state index contributed by atoms with van der Waals surface area (Å²) in [6, 6.07) is 13.4. The van der Waals surface area contributed by atoms with Crippen molar-refractivity contribution in [2.45, 2.75) is 51.7 Å². The van der Waals surface area contributed by atoms with E-state index in [0.29, 0.717) is 23.7 Å². The first-order valence-electron chi connectivity index (χ1n) is 12.6. The predicted octanol–water partition coefficient (Wildman–Crippen LogP) is 4.69. The summed E-state index contributed by atoms with van der Waals surface area (Å²) in [7, 11) is 6.88. The zero-order valence-electron chi connectivity index (χ0n) is 22.9. The first kappa shape index (κ1) is 29.6. The van der Waals surface area contributed by atoms with Gasteiger partial charge in [-0.3, -0.25) is 0 Å². The summed E-state index contributed by atoms with van der Waals surface area (Å²) in [5.74, 6) is 1.12. The molecule has 2 aromatic rings. The van der Waals surface area contributed by atoms with E-state index in [1.807, 2.05) is 42.5 Å². The van der Waals surface area contributed by atoms with E-state index < -0.39 is 11.7 Å². The zero-order chi connectivity index (χ0) is 26.7. The molecule has 0 aliphatic heterocycles. The topological polar surface area (TPSA) is 77.5 Å². The fourth-order valence-corrected chi connectivity index (χ4v) is 4.75. The van der Waals surface area contributed by atoms with Crippen molar-refractivity contribution in [2.75, 3.05) is 48.1 Å². The quantitative estimate of drug-likeness (QED) is 0.280. The monoisotopic (exact) mass is 501 g/mol. The molecule has 0 spiro atoms. The van der Waals surface area contributed by atoms with E-state index in [2.05, 4.69) is 25.8 Å². The number of aliphatic hydroxyl groups excluding tert-OH is 1. The number of likely N-dealkylation sites (N-methyl/N-ethyl adjacent to an activating group) is 1. The second-order valence-electron chi connectivity index (χ2n) is 9.43. The lowest BCUT2D eigenvalue weighted by atomic mass is 9.68. The summed E-state index contributed by atoms with van der Waals surface area (Å²) in [4.78, 5) is 14.1. The molecule has 0 saturated carbocycles. The third-order valence-electron chi connectivity index (χ3n) is 6.99. The Hall–Kier alpha value is -2.61. The molecular weight excluding hydrogens is 458 g/mol. The number of carbonyl (C=O) groups excluding carboxylic acids is 1. The van der Waals surface area contributed by atoms with Crippen LogP contribution in [0.15, 0.2) is 42.5 Å². The number of benzene rings is 2. The molecule has 2 rings (SSSR count). The van der Waals surface area contributed by atoms with E-state index in [4.69, 9.17) is 18.9 Å². The number of ether oxygens (including phenoxy) is 4. The van der Waals surface area contributed by atoms with Crippen molar-refractivity contribution in [2.24, 2.45) is 5.92 Å². The number of aliphatic hydroxyl groups is 1. The maximum atomic E-state index is 11.8. The van der Waals surface area contributed by atoms with Gasteiger partial charge in [0.05, 0.1) is 26.4 Å². The zero-order valence-corrected chi connectivity index (χ0v) is 22.9. The van der Waals surface area contributed by atoms with E-state index in [1.54, 1.807) is 28.3 Å². The Balaban J connectivity index is 2.06. The molecule has 0 aromatic heterocycles. The highest BCUT2D eigenvalue weighted by Crippen LogP contribution is 2.43. The van der Waals surface area contributed by atoms with Crippen LogP contribution in [0.25, 0.3) is 0 Å². The highest BCUT2D eigenvalue weighted by atomic mass is 16.6. The molecule has 7 heteroatoms. The van der Waals surface area contributed by atoms with Gasteiger partial charge in [-0.1, -0.05) is 32.0 Å². The number of methoxy groups -OCH3 is 3. The number of carbonyl (C=O) groups is 1. The number of esters is 1. The molecule has 0 radical (unpaired) electrons. The molecule has 0 aliphatic carbocycles. The van der Waals surface area contributed by atoms with Crippen molar-refractivity contribution in [1.29, 1.82) is 0 Å². The molecule has 0 fully saturated rings. The summed E-state index contributed by atoms with van der Waals surface area (Å²) >= 11 is 0. The lowest BCUT2D eigenvalue weighted by Gasteiger charge is -2.42. The van der Waals surface area contributed by atoms with E-state index in [1.165, 1.54) is 5.56 Å². The third kappa shape index (κ3) is 7.21. The summed E-state index contributed by atoms with van der Waals surface area (Å²) in [5, 5.41) is 11.1. The average molecular weight is 502 g/mol. The normalized spacial score (nSPS) is 13.9. The number of hydrogen-bond donors (Lipinski definition) is 1. The Morgan fingerprint density at radius 3 is 2.22 bits per heavy atom. The molecule has 2 aromatic carbocycles. The van der Waals surface area contributed by atoms with Crippen molar-refractivity contribution >= 4 is 5.97 Å². The van der Waals surface area contributed by atoms with Gasteiger partial charge >= 0.3 is 5.97 Å². The lowest BCUT2D eigenvalue weighted by molar-refractivity contribution is -0.143. The van der Waals surface area contributed by atoms with Gasteiger partial charge < -0.3 is 29.0 Å². The van der Waals surface area contributed by atoms with Gasteiger partial charge in [-0.25, -0.2) is 4.79 Å². The van der Waals surface area contributed by atoms with Gasteiger partial charge in [0, 0.05) is 19.1 Å². The smallest absolute Gasteiger partial charge is 0.338 e. The van der Waals surface area contributed by atoms with E-state index in [0.717, 1.165) is 37.9 Å². The van der Waals surface area contributed by atoms with Crippen LogP contribution in [0.5, 0.6) is 11.5 Å². The molecule has 0 aliphatic rings. The summed E-state index contributed by atoms with van der Waals surface area (Å²) in [6.45, 7) is 8.16. The first-order chi connectivity index (χ1) is 17.2. The average Bonchev–Trinajstić information content (AvgIpc) is 2.89. The van der Waals surface area contributed by atoms with Crippen molar-refractivity contribution in [3.63, 3.8) is 0 Å². The van der Waals surface area contributed by atoms with Crippen LogP contribution < -0.4 is 9.47 Å². The van der Waals surface area contributed by atoms with Gasteiger partial charge in [0.2, 0.25) is 0 Å². The van der Waals surface area contributed by atoms with E-state index in [-0.39, 0.29) is 11.9 Å². The maximum absolute atomic E-state index is 11.8. The minimum Gasteiger partial charge on any atom is -0.493 e. The summed E-state index contributed by atoms with van der Waals surface area (Å²) < 4.78 is 21.5. The van der Waals surface area contributed by atoms with Gasteiger partial charge in [-0.05, 0) is 81.1 Å². The van der Waals surface area contributed by atoms with Gasteiger partial charge in [0.15, 0.2) is 17.8 Å². The molecule has 36 heavy (non-hydrogen) atoms. The van der Waals surface area contributed by atoms with Crippen LogP contribution in [0.4, 0.5) is 0 Å². The molecule has 0 bridgehead atoms. The van der Waals surface area contributed by atoms with Crippen LogP contribution in [0.1, 0.15) is 55.1 Å². The minimum atomic E-state index is -0.959. The van der Waals surface area contributed by atoms with Crippen molar-refractivity contribution in [1.82, 2.24) is 4.90 Å². The van der Waals surface area contributed by atoms with Gasteiger partial charge in [0.1, 0.15) is 0 Å². The first-order valence-corrected chi connectivity index (χ1v) is 12.6. The van der Waals surface area contributed by atoms with Gasteiger partial charge in [0.25, 0.3) is 0 Å². The fourth-order valence-electron chi connectivity index (χ4n) is 4.75. The second kappa shape index (κ2) is 14.2. The van der Waals surface area contributed by atoms with E-state index in [9.17, 15) is 9.90 Å². The van der Waals surface area contributed by atoms with Crippen LogP contribution >= 0.6 is 0 Å². The molecule has 7 nitrogen and oxygen atoms in total. The van der Waals surface area contributed by atoms with Gasteiger partial charge in [-0.2, -0.15) is 0 Å². The minimum absolute atomic E-state index is 0.119. The van der Waals surface area contributed by atoms with Crippen LogP contribution in [-0.4, -0.2) is 70.3 Å². The van der Waals surface area contributed by atoms with Crippen molar-refractivity contribution in [3.8, 4) is 11.5 Å². The second-order valence-corrected chi connectivity index (χ2v) is 9.43. The Labute approximate surface area is 216 Å². The molecule has 200 valence electrons. The number of hydrogen-bond acceptors (Lipinski definition) is 7. The predicted molar refractivity (Wildman–Crippen MR) is 142 cm³/mol. The Bertz CT molecular complexity index is 945. The number of nitrogens with zero attached hydrogens (tertiary/aromatic N) is 1. The van der Waals surface area contributed by atoms with Crippen LogP contribution in [0.2, 0.25) is 0 Å². The van der Waals surface area contributed by atoms with Crippen LogP contribution in [-0.2, 0) is 21.3 Å². The molecule has 2 atom stereocenters. The Morgan fingerprint density at radius 1 is 1.00 bits per heavy atom. The van der Waals surface area contributed by atoms with E-state index >= 15 is 0 Å². The SMILES string of the molecule is CCOC(=O)c1ccc(CCN(C)CCCC(c2ccc(OC)c(OC)c2)(C(C)C)[C@@H](O)OC)cc1. The molecule has 0 saturated heterocycles.